The molecule has 0 atom stereocenters. The van der Waals surface area contributed by atoms with E-state index in [9.17, 15) is 9.59 Å². The van der Waals surface area contributed by atoms with Crippen LogP contribution in [0.2, 0.25) is 0 Å². The number of amides is 1. The number of nitrogens with zero attached hydrogens (tertiary/aromatic N) is 1. The molecule has 0 fully saturated rings. The topological polar surface area (TPSA) is 79.3 Å². The number of rotatable bonds is 4. The van der Waals surface area contributed by atoms with Crippen LogP contribution >= 0.6 is 0 Å². The van der Waals surface area contributed by atoms with Crippen molar-refractivity contribution >= 4 is 23.6 Å². The first kappa shape index (κ1) is 14.5. The minimum Gasteiger partial charge on any atom is -0.478 e. The summed E-state index contributed by atoms with van der Waals surface area (Å²) in [6, 6.07) is 10.3. The van der Waals surface area contributed by atoms with Crippen LogP contribution in [-0.2, 0) is 4.79 Å². The number of carboxylic acid groups (broad SMARTS) is 1. The molecule has 0 spiro atoms. The van der Waals surface area contributed by atoms with Gasteiger partial charge in [-0.15, -0.1) is 0 Å². The second-order valence-corrected chi connectivity index (χ2v) is 4.44. The molecule has 0 aliphatic heterocycles. The number of hydrogen-bond acceptors (Lipinski definition) is 3. The van der Waals surface area contributed by atoms with Crippen LogP contribution < -0.4 is 5.32 Å². The lowest BCUT2D eigenvalue weighted by Crippen LogP contribution is -2.12. The summed E-state index contributed by atoms with van der Waals surface area (Å²) in [5.41, 5.74) is 2.57. The zero-order chi connectivity index (χ0) is 15.2. The maximum Gasteiger partial charge on any atom is 0.328 e. The highest BCUT2D eigenvalue weighted by Gasteiger charge is 2.06. The lowest BCUT2D eigenvalue weighted by Gasteiger charge is -2.05. The lowest BCUT2D eigenvalue weighted by molar-refractivity contribution is -0.131. The molecule has 2 N–H and O–H groups in total. The van der Waals surface area contributed by atoms with Gasteiger partial charge in [-0.05, 0) is 42.8 Å². The summed E-state index contributed by atoms with van der Waals surface area (Å²) in [4.78, 5) is 26.7. The molecule has 0 saturated carbocycles. The van der Waals surface area contributed by atoms with Gasteiger partial charge in [0.25, 0.3) is 5.91 Å². The van der Waals surface area contributed by atoms with Crippen molar-refractivity contribution < 1.29 is 14.7 Å². The van der Waals surface area contributed by atoms with Gasteiger partial charge in [-0.1, -0.05) is 12.1 Å². The molecule has 0 aliphatic carbocycles. The first-order valence-electron chi connectivity index (χ1n) is 6.30. The van der Waals surface area contributed by atoms with Gasteiger partial charge in [-0.2, -0.15) is 0 Å². The summed E-state index contributed by atoms with van der Waals surface area (Å²) < 4.78 is 0. The highest BCUT2D eigenvalue weighted by atomic mass is 16.4. The summed E-state index contributed by atoms with van der Waals surface area (Å²) >= 11 is 0. The van der Waals surface area contributed by atoms with E-state index in [0.717, 1.165) is 11.8 Å². The van der Waals surface area contributed by atoms with Gasteiger partial charge in [0.1, 0.15) is 0 Å². The number of anilines is 1. The van der Waals surface area contributed by atoms with Crippen molar-refractivity contribution in [2.24, 2.45) is 0 Å². The maximum atomic E-state index is 12.1. The number of carbonyl (C=O) groups is 2. The van der Waals surface area contributed by atoms with Crippen molar-refractivity contribution in [1.29, 1.82) is 0 Å². The molecular formula is C16H14N2O3. The molecule has 1 amide bonds. The molecule has 5 nitrogen and oxygen atoms in total. The Morgan fingerprint density at radius 3 is 2.71 bits per heavy atom. The SMILES string of the molecule is Cc1ccc(NC(=O)c2cccc(/C=C/C(=O)O)c2)cn1. The second kappa shape index (κ2) is 6.47. The fourth-order valence-electron chi connectivity index (χ4n) is 1.70. The van der Waals surface area contributed by atoms with Crippen LogP contribution in [0.3, 0.4) is 0 Å². The highest BCUT2D eigenvalue weighted by molar-refractivity contribution is 6.04. The largest absolute Gasteiger partial charge is 0.478 e. The van der Waals surface area contributed by atoms with Crippen LogP contribution in [0.5, 0.6) is 0 Å². The van der Waals surface area contributed by atoms with Crippen LogP contribution in [-0.4, -0.2) is 22.0 Å². The van der Waals surface area contributed by atoms with E-state index < -0.39 is 5.97 Å². The summed E-state index contributed by atoms with van der Waals surface area (Å²) in [6.07, 6.45) is 4.05. The minimum absolute atomic E-state index is 0.272. The van der Waals surface area contributed by atoms with E-state index in [-0.39, 0.29) is 5.91 Å². The summed E-state index contributed by atoms with van der Waals surface area (Å²) in [7, 11) is 0. The number of benzene rings is 1. The van der Waals surface area contributed by atoms with E-state index in [1.807, 2.05) is 13.0 Å². The number of carboxylic acids is 1. The number of carbonyl (C=O) groups excluding carboxylic acids is 1. The fourth-order valence-corrected chi connectivity index (χ4v) is 1.70. The zero-order valence-corrected chi connectivity index (χ0v) is 11.4. The molecule has 0 saturated heterocycles. The van der Waals surface area contributed by atoms with Gasteiger partial charge < -0.3 is 10.4 Å². The molecule has 0 bridgehead atoms. The van der Waals surface area contributed by atoms with E-state index in [2.05, 4.69) is 10.3 Å². The third kappa shape index (κ3) is 4.28. The van der Waals surface area contributed by atoms with Crippen LogP contribution in [0.25, 0.3) is 6.08 Å². The van der Waals surface area contributed by atoms with Gasteiger partial charge in [0, 0.05) is 17.3 Å². The lowest BCUT2D eigenvalue weighted by atomic mass is 10.1. The van der Waals surface area contributed by atoms with Crippen molar-refractivity contribution in [1.82, 2.24) is 4.98 Å². The molecule has 5 heteroatoms. The standard InChI is InChI=1S/C16H14N2O3/c1-11-5-7-14(10-17-11)18-16(21)13-4-2-3-12(9-13)6-8-15(19)20/h2-10H,1H3,(H,18,21)(H,19,20)/b8-6+. The van der Waals surface area contributed by atoms with Crippen molar-refractivity contribution in [2.75, 3.05) is 5.32 Å². The average Bonchev–Trinajstić information content (AvgIpc) is 2.48. The Balaban J connectivity index is 2.14. The summed E-state index contributed by atoms with van der Waals surface area (Å²) in [5.74, 6) is -1.30. The molecule has 21 heavy (non-hydrogen) atoms. The number of aromatic nitrogens is 1. The molecule has 1 aromatic heterocycles. The van der Waals surface area contributed by atoms with E-state index in [0.29, 0.717) is 16.8 Å². The first-order valence-corrected chi connectivity index (χ1v) is 6.30. The third-order valence-corrected chi connectivity index (χ3v) is 2.74. The predicted octanol–water partition coefficient (Wildman–Crippen LogP) is 2.74. The van der Waals surface area contributed by atoms with Gasteiger partial charge in [-0.3, -0.25) is 9.78 Å². The Morgan fingerprint density at radius 1 is 1.24 bits per heavy atom. The van der Waals surface area contributed by atoms with Gasteiger partial charge in [0.15, 0.2) is 0 Å². The Morgan fingerprint density at radius 2 is 2.05 bits per heavy atom. The van der Waals surface area contributed by atoms with Gasteiger partial charge >= 0.3 is 5.97 Å². The van der Waals surface area contributed by atoms with Crippen LogP contribution in [0.1, 0.15) is 21.6 Å². The Labute approximate surface area is 122 Å². The molecule has 106 valence electrons. The van der Waals surface area contributed by atoms with E-state index >= 15 is 0 Å². The van der Waals surface area contributed by atoms with Crippen LogP contribution in [0, 0.1) is 6.92 Å². The van der Waals surface area contributed by atoms with Gasteiger partial charge in [-0.25, -0.2) is 4.79 Å². The first-order chi connectivity index (χ1) is 10.0. The minimum atomic E-state index is -1.03. The van der Waals surface area contributed by atoms with Crippen molar-refractivity contribution in [3.8, 4) is 0 Å². The Hall–Kier alpha value is -2.95. The normalized spacial score (nSPS) is 10.5. The van der Waals surface area contributed by atoms with Gasteiger partial charge in [0.05, 0.1) is 11.9 Å². The quantitative estimate of drug-likeness (QED) is 0.845. The molecule has 2 aromatic rings. The number of pyridine rings is 1. The zero-order valence-electron chi connectivity index (χ0n) is 11.4. The van der Waals surface area contributed by atoms with Crippen molar-refractivity contribution in [3.63, 3.8) is 0 Å². The molecule has 0 radical (unpaired) electrons. The predicted molar refractivity (Wildman–Crippen MR) is 80.0 cm³/mol. The van der Waals surface area contributed by atoms with Crippen LogP contribution in [0.15, 0.2) is 48.7 Å². The highest BCUT2D eigenvalue weighted by Crippen LogP contribution is 2.11. The maximum absolute atomic E-state index is 12.1. The summed E-state index contributed by atoms with van der Waals surface area (Å²) in [6.45, 7) is 1.86. The van der Waals surface area contributed by atoms with E-state index in [4.69, 9.17) is 5.11 Å². The van der Waals surface area contributed by atoms with Gasteiger partial charge in [0.2, 0.25) is 0 Å². The summed E-state index contributed by atoms with van der Waals surface area (Å²) in [5, 5.41) is 11.3. The van der Waals surface area contributed by atoms with Crippen molar-refractivity contribution in [2.45, 2.75) is 6.92 Å². The molecule has 1 heterocycles. The number of aliphatic carboxylic acids is 1. The van der Waals surface area contributed by atoms with Crippen molar-refractivity contribution in [3.05, 3.63) is 65.5 Å². The monoisotopic (exact) mass is 282 g/mol. The average molecular weight is 282 g/mol. The van der Waals surface area contributed by atoms with Crippen LogP contribution in [0.4, 0.5) is 5.69 Å². The number of nitrogens with one attached hydrogen (secondary N) is 1. The van der Waals surface area contributed by atoms with E-state index in [1.54, 1.807) is 36.5 Å². The Bertz CT molecular complexity index is 691. The Kier molecular flexibility index (Phi) is 4.46. The fraction of sp³-hybridized carbons (Fsp3) is 0.0625. The molecule has 0 unspecified atom stereocenters. The molecule has 1 aromatic carbocycles. The molecular weight excluding hydrogens is 268 g/mol. The third-order valence-electron chi connectivity index (χ3n) is 2.74. The number of aryl methyl sites for hydroxylation is 1. The molecule has 0 aliphatic rings. The van der Waals surface area contributed by atoms with E-state index in [1.165, 1.54) is 6.08 Å². The molecule has 2 rings (SSSR count). The second-order valence-electron chi connectivity index (χ2n) is 4.44. The smallest absolute Gasteiger partial charge is 0.328 e. The number of hydrogen-bond donors (Lipinski definition) is 2.